The van der Waals surface area contributed by atoms with Gasteiger partial charge in [0.1, 0.15) is 5.75 Å². The number of anilines is 2. The third-order valence-corrected chi connectivity index (χ3v) is 5.18. The Morgan fingerprint density at radius 3 is 2.48 bits per heavy atom. The van der Waals surface area contributed by atoms with Crippen molar-refractivity contribution in [1.82, 2.24) is 5.32 Å². The van der Waals surface area contributed by atoms with Crippen molar-refractivity contribution in [3.05, 3.63) is 58.6 Å². The van der Waals surface area contributed by atoms with Crippen LogP contribution in [0, 0.1) is 10.1 Å². The Hall–Kier alpha value is -3.62. The van der Waals surface area contributed by atoms with Gasteiger partial charge in [0.2, 0.25) is 5.91 Å². The quantitative estimate of drug-likeness (QED) is 0.495. The molecule has 2 N–H and O–H groups in total. The molecule has 1 aliphatic rings. The molecule has 0 saturated heterocycles. The predicted octanol–water partition coefficient (Wildman–Crippen LogP) is 3.11. The van der Waals surface area contributed by atoms with Crippen LogP contribution in [0.3, 0.4) is 0 Å². The first-order chi connectivity index (χ1) is 14.9. The Balaban J connectivity index is 1.70. The van der Waals surface area contributed by atoms with E-state index in [1.54, 1.807) is 11.0 Å². The molecule has 2 aromatic rings. The zero-order valence-corrected chi connectivity index (χ0v) is 17.5. The van der Waals surface area contributed by atoms with Crippen molar-refractivity contribution < 1.29 is 19.2 Å². The minimum absolute atomic E-state index is 0.00608. The number of benzene rings is 2. The lowest BCUT2D eigenvalue weighted by Gasteiger charge is -2.35. The molecule has 31 heavy (non-hydrogen) atoms. The molecule has 1 atom stereocenters. The topological polar surface area (TPSA) is 114 Å². The smallest absolute Gasteiger partial charge is 0.269 e. The average Bonchev–Trinajstić information content (AvgIpc) is 2.77. The molecule has 0 radical (unpaired) electrons. The second-order valence-electron chi connectivity index (χ2n) is 7.33. The number of rotatable bonds is 8. The molecule has 2 amide bonds. The van der Waals surface area contributed by atoms with Crippen molar-refractivity contribution >= 4 is 28.9 Å². The first-order valence-electron chi connectivity index (χ1n) is 10.3. The molecule has 0 saturated carbocycles. The number of para-hydroxylation sites is 2. The maximum absolute atomic E-state index is 12.7. The number of hydrogen-bond donors (Lipinski definition) is 2. The van der Waals surface area contributed by atoms with Gasteiger partial charge < -0.3 is 20.3 Å². The molecule has 1 heterocycles. The van der Waals surface area contributed by atoms with E-state index in [4.69, 9.17) is 4.74 Å². The number of hydrogen-bond acceptors (Lipinski definition) is 6. The summed E-state index contributed by atoms with van der Waals surface area (Å²) in [6.07, 6.45) is 0.919. The van der Waals surface area contributed by atoms with Gasteiger partial charge in [0.15, 0.2) is 6.10 Å². The van der Waals surface area contributed by atoms with Gasteiger partial charge in [-0.05, 0) is 37.1 Å². The van der Waals surface area contributed by atoms with E-state index in [-0.39, 0.29) is 36.6 Å². The van der Waals surface area contributed by atoms with Crippen LogP contribution >= 0.6 is 0 Å². The number of fused-ring (bicyclic) bond motifs is 1. The summed E-state index contributed by atoms with van der Waals surface area (Å²) in [5.74, 6) is 0.0373. The van der Waals surface area contributed by atoms with Gasteiger partial charge >= 0.3 is 0 Å². The van der Waals surface area contributed by atoms with E-state index in [0.29, 0.717) is 11.4 Å². The fraction of sp³-hybridized carbons (Fsp3) is 0.364. The van der Waals surface area contributed by atoms with E-state index in [1.165, 1.54) is 24.3 Å². The first-order valence-corrected chi connectivity index (χ1v) is 10.3. The predicted molar refractivity (Wildman–Crippen MR) is 117 cm³/mol. The van der Waals surface area contributed by atoms with Crippen LogP contribution in [-0.2, 0) is 9.59 Å². The minimum Gasteiger partial charge on any atom is -0.477 e. The number of nitro benzene ring substituents is 1. The van der Waals surface area contributed by atoms with Crippen LogP contribution in [0.2, 0.25) is 0 Å². The van der Waals surface area contributed by atoms with Gasteiger partial charge in [0.05, 0.1) is 23.7 Å². The fourth-order valence-corrected chi connectivity index (χ4v) is 3.42. The van der Waals surface area contributed by atoms with Crippen LogP contribution in [0.1, 0.15) is 26.7 Å². The van der Waals surface area contributed by atoms with E-state index < -0.39 is 11.0 Å². The van der Waals surface area contributed by atoms with Gasteiger partial charge in [0.25, 0.3) is 11.6 Å². The number of carbonyl (C=O) groups is 2. The van der Waals surface area contributed by atoms with Crippen molar-refractivity contribution in [1.29, 1.82) is 0 Å². The summed E-state index contributed by atoms with van der Waals surface area (Å²) in [5, 5.41) is 16.5. The number of nitrogens with zero attached hydrogens (tertiary/aromatic N) is 2. The zero-order valence-electron chi connectivity index (χ0n) is 17.5. The van der Waals surface area contributed by atoms with E-state index in [0.717, 1.165) is 18.5 Å². The lowest BCUT2D eigenvalue weighted by atomic mass is 10.1. The summed E-state index contributed by atoms with van der Waals surface area (Å²) >= 11 is 0. The van der Waals surface area contributed by atoms with Gasteiger partial charge in [-0.3, -0.25) is 19.7 Å². The second-order valence-corrected chi connectivity index (χ2v) is 7.33. The van der Waals surface area contributed by atoms with Gasteiger partial charge in [0, 0.05) is 23.9 Å². The third-order valence-electron chi connectivity index (χ3n) is 5.18. The number of ether oxygens (including phenoxy) is 1. The van der Waals surface area contributed by atoms with Gasteiger partial charge in [-0.2, -0.15) is 0 Å². The summed E-state index contributed by atoms with van der Waals surface area (Å²) in [5.41, 5.74) is 1.14. The summed E-state index contributed by atoms with van der Waals surface area (Å²) in [6.45, 7) is 4.27. The molecule has 0 aliphatic carbocycles. The van der Waals surface area contributed by atoms with Crippen molar-refractivity contribution in [2.75, 3.05) is 23.3 Å². The van der Waals surface area contributed by atoms with Crippen molar-refractivity contribution in [3.63, 3.8) is 0 Å². The van der Waals surface area contributed by atoms with Crippen LogP contribution < -0.4 is 20.3 Å². The molecule has 164 valence electrons. The lowest BCUT2D eigenvalue weighted by molar-refractivity contribution is -0.384. The molecule has 3 rings (SSSR count). The zero-order chi connectivity index (χ0) is 22.4. The standard InChI is InChI=1S/C22H26N4O5/c1-3-15(4-2)24-22(28)20-13-25(18-7-5-6-8-19(18)31-20)14-21(27)23-16-9-11-17(12-10-16)26(29)30/h5-12,15,20H,3-4,13-14H2,1-2H3,(H,23,27)(H,24,28). The Labute approximate surface area is 180 Å². The van der Waals surface area contributed by atoms with E-state index in [1.807, 2.05) is 32.0 Å². The number of nitrogens with one attached hydrogen (secondary N) is 2. The van der Waals surface area contributed by atoms with E-state index in [2.05, 4.69) is 10.6 Å². The third kappa shape index (κ3) is 5.50. The Morgan fingerprint density at radius 1 is 1.16 bits per heavy atom. The van der Waals surface area contributed by atoms with Gasteiger partial charge in [-0.1, -0.05) is 26.0 Å². The molecule has 0 bridgehead atoms. The van der Waals surface area contributed by atoms with Crippen LogP contribution in [0.25, 0.3) is 0 Å². The highest BCUT2D eigenvalue weighted by atomic mass is 16.6. The Kier molecular flexibility index (Phi) is 7.07. The molecule has 0 spiro atoms. The Morgan fingerprint density at radius 2 is 1.84 bits per heavy atom. The molecule has 9 nitrogen and oxygen atoms in total. The first kappa shape index (κ1) is 22.1. The molecule has 0 fully saturated rings. The van der Waals surface area contributed by atoms with Crippen LogP contribution in [0.15, 0.2) is 48.5 Å². The summed E-state index contributed by atoms with van der Waals surface area (Å²) < 4.78 is 5.90. The van der Waals surface area contributed by atoms with Crippen molar-refractivity contribution in [3.8, 4) is 5.75 Å². The molecule has 0 aromatic heterocycles. The Bertz CT molecular complexity index is 943. The summed E-state index contributed by atoms with van der Waals surface area (Å²) in [4.78, 5) is 37.4. The van der Waals surface area contributed by atoms with Crippen LogP contribution in [-0.4, -0.2) is 42.0 Å². The van der Waals surface area contributed by atoms with Crippen LogP contribution in [0.5, 0.6) is 5.75 Å². The average molecular weight is 426 g/mol. The molecular formula is C22H26N4O5. The largest absolute Gasteiger partial charge is 0.477 e. The monoisotopic (exact) mass is 426 g/mol. The van der Waals surface area contributed by atoms with E-state index >= 15 is 0 Å². The maximum Gasteiger partial charge on any atom is 0.269 e. The number of nitro groups is 1. The van der Waals surface area contributed by atoms with Crippen molar-refractivity contribution in [2.45, 2.75) is 38.8 Å². The van der Waals surface area contributed by atoms with Gasteiger partial charge in [-0.15, -0.1) is 0 Å². The lowest BCUT2D eigenvalue weighted by Crippen LogP contribution is -2.52. The maximum atomic E-state index is 12.7. The second kappa shape index (κ2) is 9.92. The highest BCUT2D eigenvalue weighted by Gasteiger charge is 2.32. The van der Waals surface area contributed by atoms with Crippen LogP contribution in [0.4, 0.5) is 17.1 Å². The molecule has 2 aromatic carbocycles. The molecular weight excluding hydrogens is 400 g/mol. The highest BCUT2D eigenvalue weighted by molar-refractivity contribution is 5.95. The number of carbonyl (C=O) groups excluding carboxylic acids is 2. The van der Waals surface area contributed by atoms with Crippen molar-refractivity contribution in [2.24, 2.45) is 0 Å². The van der Waals surface area contributed by atoms with Gasteiger partial charge in [-0.25, -0.2) is 0 Å². The normalized spacial score (nSPS) is 15.1. The number of non-ortho nitro benzene ring substituents is 1. The summed E-state index contributed by atoms with van der Waals surface area (Å²) in [6, 6.07) is 13.0. The SMILES string of the molecule is CCC(CC)NC(=O)C1CN(CC(=O)Nc2ccc([N+](=O)[O-])cc2)c2ccccc2O1. The van der Waals surface area contributed by atoms with E-state index in [9.17, 15) is 19.7 Å². The highest BCUT2D eigenvalue weighted by Crippen LogP contribution is 2.33. The molecule has 1 aliphatic heterocycles. The molecule has 9 heteroatoms. The molecule has 1 unspecified atom stereocenters. The fourth-order valence-electron chi connectivity index (χ4n) is 3.42. The summed E-state index contributed by atoms with van der Waals surface area (Å²) in [7, 11) is 0. The number of amides is 2. The minimum atomic E-state index is -0.734.